The molecule has 0 fully saturated rings. The zero-order valence-electron chi connectivity index (χ0n) is 6.79. The van der Waals surface area contributed by atoms with Gasteiger partial charge in [-0.2, -0.15) is 5.90 Å². The van der Waals surface area contributed by atoms with Crippen LogP contribution in [0.15, 0.2) is 29.1 Å². The summed E-state index contributed by atoms with van der Waals surface area (Å²) in [5.41, 5.74) is 6.77. The second kappa shape index (κ2) is 4.51. The van der Waals surface area contributed by atoms with E-state index in [4.69, 9.17) is 11.6 Å². The third kappa shape index (κ3) is 3.42. The molecule has 0 aliphatic rings. The number of nitrogens with two attached hydrogens (primary N) is 2. The van der Waals surface area contributed by atoms with Crippen LogP contribution in [0.25, 0.3) is 0 Å². The lowest BCUT2D eigenvalue weighted by Gasteiger charge is -1.99. The van der Waals surface area contributed by atoms with Crippen LogP contribution in [0.1, 0.15) is 6.92 Å². The molecule has 0 radical (unpaired) electrons. The van der Waals surface area contributed by atoms with Crippen molar-refractivity contribution < 1.29 is 4.84 Å². The van der Waals surface area contributed by atoms with E-state index in [1.165, 1.54) is 6.08 Å². The van der Waals surface area contributed by atoms with Crippen molar-refractivity contribution in [3.05, 3.63) is 24.1 Å². The Morgan fingerprint density at radius 3 is 2.45 bits per heavy atom. The van der Waals surface area contributed by atoms with Gasteiger partial charge in [0.15, 0.2) is 0 Å². The van der Waals surface area contributed by atoms with Gasteiger partial charge in [-0.1, -0.05) is 6.58 Å². The molecule has 0 aromatic heterocycles. The van der Waals surface area contributed by atoms with Crippen LogP contribution in [0.3, 0.4) is 0 Å². The number of allylic oxidation sites excluding steroid dienone is 2. The minimum Gasteiger partial charge on any atom is -0.394 e. The molecule has 0 unspecified atom stereocenters. The summed E-state index contributed by atoms with van der Waals surface area (Å²) in [5, 5.41) is 0. The Morgan fingerprint density at radius 1 is 1.64 bits per heavy atom. The Morgan fingerprint density at radius 2 is 2.18 bits per heavy atom. The van der Waals surface area contributed by atoms with Crippen LogP contribution in [-0.2, 0) is 4.84 Å². The summed E-state index contributed by atoms with van der Waals surface area (Å²) in [7, 11) is 1.64. The molecule has 62 valence electrons. The van der Waals surface area contributed by atoms with Gasteiger partial charge < -0.3 is 10.6 Å². The average Bonchev–Trinajstić information content (AvgIpc) is 1.99. The van der Waals surface area contributed by atoms with E-state index >= 15 is 0 Å². The fraction of sp³-hybridized carbons (Fsp3) is 0.286. The molecule has 0 heterocycles. The maximum Gasteiger partial charge on any atom is 0.211 e. The van der Waals surface area contributed by atoms with E-state index in [9.17, 15) is 0 Å². The molecule has 0 amide bonds. The van der Waals surface area contributed by atoms with Gasteiger partial charge in [0.2, 0.25) is 5.88 Å². The van der Waals surface area contributed by atoms with Crippen LogP contribution in [0.5, 0.6) is 0 Å². The Hall–Kier alpha value is -1.29. The molecule has 4 heteroatoms. The second-order valence-corrected chi connectivity index (χ2v) is 2.05. The summed E-state index contributed by atoms with van der Waals surface area (Å²) in [6.07, 6.45) is 1.52. The van der Waals surface area contributed by atoms with E-state index in [1.54, 1.807) is 7.05 Å². The predicted octanol–water partition coefficient (Wildman–Crippen LogP) is 0.324. The molecule has 0 bridgehead atoms. The number of rotatable bonds is 3. The molecule has 0 aromatic rings. The Kier molecular flexibility index (Phi) is 3.98. The largest absolute Gasteiger partial charge is 0.394 e. The van der Waals surface area contributed by atoms with Crippen molar-refractivity contribution in [2.24, 2.45) is 16.6 Å². The topological polar surface area (TPSA) is 73.6 Å². The molecule has 0 saturated heterocycles. The van der Waals surface area contributed by atoms with Gasteiger partial charge in [-0.15, -0.1) is 0 Å². The number of nitrogens with zero attached hydrogens (tertiary/aromatic N) is 1. The van der Waals surface area contributed by atoms with Crippen molar-refractivity contribution in [1.29, 1.82) is 0 Å². The smallest absolute Gasteiger partial charge is 0.211 e. The normalized spacial score (nSPS) is 13.0. The molecular weight excluding hydrogens is 142 g/mol. The molecule has 4 nitrogen and oxygen atoms in total. The van der Waals surface area contributed by atoms with Gasteiger partial charge in [0, 0.05) is 13.1 Å². The quantitative estimate of drug-likeness (QED) is 0.350. The second-order valence-electron chi connectivity index (χ2n) is 2.05. The van der Waals surface area contributed by atoms with Gasteiger partial charge in [-0.05, 0) is 12.5 Å². The summed E-state index contributed by atoms with van der Waals surface area (Å²) in [6, 6.07) is 0. The van der Waals surface area contributed by atoms with Crippen LogP contribution in [0, 0.1) is 0 Å². The summed E-state index contributed by atoms with van der Waals surface area (Å²) < 4.78 is 0. The molecule has 0 saturated carbocycles. The standard InChI is InChI=1S/C7H13N3O/c1-5(2)6(10-3)4-7(8)11-9/h4H,1,8-9H2,2-3H3. The van der Waals surface area contributed by atoms with Crippen molar-refractivity contribution in [3.8, 4) is 0 Å². The summed E-state index contributed by atoms with van der Waals surface area (Å²) in [5.74, 6) is 4.92. The van der Waals surface area contributed by atoms with Crippen LogP contribution >= 0.6 is 0 Å². The molecule has 0 aromatic carbocycles. The molecule has 4 N–H and O–H groups in total. The molecule has 0 spiro atoms. The highest BCUT2D eigenvalue weighted by Gasteiger charge is 1.95. The van der Waals surface area contributed by atoms with Crippen LogP contribution in [0.2, 0.25) is 0 Å². The van der Waals surface area contributed by atoms with Crippen LogP contribution < -0.4 is 11.6 Å². The number of aliphatic imine (C=N–C) groups is 1. The first-order valence-electron chi connectivity index (χ1n) is 3.08. The molecule has 11 heavy (non-hydrogen) atoms. The minimum absolute atomic E-state index is 0.119. The highest BCUT2D eigenvalue weighted by Crippen LogP contribution is 1.96. The van der Waals surface area contributed by atoms with E-state index in [0.29, 0.717) is 5.71 Å². The number of hydrogen-bond acceptors (Lipinski definition) is 4. The van der Waals surface area contributed by atoms with E-state index in [1.807, 2.05) is 6.92 Å². The highest BCUT2D eigenvalue weighted by atomic mass is 16.6. The molecule has 0 atom stereocenters. The van der Waals surface area contributed by atoms with Crippen LogP contribution in [0.4, 0.5) is 0 Å². The maximum absolute atomic E-state index is 5.28. The molecular formula is C7H13N3O. The SMILES string of the molecule is C=C(C)C(C=C(N)ON)=NC. The van der Waals surface area contributed by atoms with Crippen molar-refractivity contribution in [2.75, 3.05) is 7.05 Å². The fourth-order valence-electron chi connectivity index (χ4n) is 0.547. The van der Waals surface area contributed by atoms with Crippen molar-refractivity contribution in [3.63, 3.8) is 0 Å². The van der Waals surface area contributed by atoms with Crippen molar-refractivity contribution in [1.82, 2.24) is 0 Å². The first-order valence-corrected chi connectivity index (χ1v) is 3.08. The lowest BCUT2D eigenvalue weighted by atomic mass is 10.2. The fourth-order valence-corrected chi connectivity index (χ4v) is 0.547. The van der Waals surface area contributed by atoms with Gasteiger partial charge in [-0.3, -0.25) is 4.99 Å². The Bertz CT molecular complexity index is 206. The van der Waals surface area contributed by atoms with Gasteiger partial charge in [0.25, 0.3) is 0 Å². The Balaban J connectivity index is 4.45. The lowest BCUT2D eigenvalue weighted by Crippen LogP contribution is -2.10. The first-order chi connectivity index (χ1) is 5.11. The number of hydrogen-bond donors (Lipinski definition) is 2. The van der Waals surface area contributed by atoms with E-state index in [2.05, 4.69) is 16.4 Å². The van der Waals surface area contributed by atoms with E-state index in [-0.39, 0.29) is 5.88 Å². The molecule has 0 aliphatic carbocycles. The molecule has 0 aliphatic heterocycles. The zero-order chi connectivity index (χ0) is 8.85. The summed E-state index contributed by atoms with van der Waals surface area (Å²) >= 11 is 0. The minimum atomic E-state index is 0.119. The van der Waals surface area contributed by atoms with Gasteiger partial charge in [0.05, 0.1) is 5.71 Å². The lowest BCUT2D eigenvalue weighted by molar-refractivity contribution is 0.218. The Labute approximate surface area is 66.2 Å². The first kappa shape index (κ1) is 9.71. The van der Waals surface area contributed by atoms with E-state index < -0.39 is 0 Å². The third-order valence-electron chi connectivity index (χ3n) is 1.09. The van der Waals surface area contributed by atoms with E-state index in [0.717, 1.165) is 5.57 Å². The van der Waals surface area contributed by atoms with Crippen molar-refractivity contribution >= 4 is 5.71 Å². The van der Waals surface area contributed by atoms with Crippen molar-refractivity contribution in [2.45, 2.75) is 6.92 Å². The van der Waals surface area contributed by atoms with Gasteiger partial charge in [0.1, 0.15) is 0 Å². The van der Waals surface area contributed by atoms with Crippen LogP contribution in [-0.4, -0.2) is 12.8 Å². The van der Waals surface area contributed by atoms with Gasteiger partial charge in [-0.25, -0.2) is 0 Å². The monoisotopic (exact) mass is 155 g/mol. The average molecular weight is 155 g/mol. The summed E-state index contributed by atoms with van der Waals surface area (Å²) in [4.78, 5) is 8.15. The maximum atomic E-state index is 5.28. The summed E-state index contributed by atoms with van der Waals surface area (Å²) in [6.45, 7) is 5.51. The zero-order valence-corrected chi connectivity index (χ0v) is 6.79. The predicted molar refractivity (Wildman–Crippen MR) is 45.7 cm³/mol. The van der Waals surface area contributed by atoms with Gasteiger partial charge >= 0.3 is 0 Å². The third-order valence-corrected chi connectivity index (χ3v) is 1.09. The highest BCUT2D eigenvalue weighted by molar-refractivity contribution is 6.07. The molecule has 0 rings (SSSR count).